The fraction of sp³-hybridized carbons (Fsp3) is 0.647. The maximum absolute atomic E-state index is 5.27. The van der Waals surface area contributed by atoms with Crippen molar-refractivity contribution < 1.29 is 4.74 Å². The maximum atomic E-state index is 5.27. The van der Waals surface area contributed by atoms with Gasteiger partial charge >= 0.3 is 0 Å². The summed E-state index contributed by atoms with van der Waals surface area (Å²) in [4.78, 5) is 2.44. The first-order chi connectivity index (χ1) is 10.1. The monoisotopic (exact) mass is 354 g/mol. The minimum Gasteiger partial charge on any atom is -0.383 e. The fourth-order valence-electron chi connectivity index (χ4n) is 2.52. The van der Waals surface area contributed by atoms with E-state index in [0.29, 0.717) is 6.04 Å². The van der Waals surface area contributed by atoms with Crippen LogP contribution >= 0.6 is 15.9 Å². The van der Waals surface area contributed by atoms with Gasteiger partial charge in [-0.15, -0.1) is 0 Å². The molecule has 0 radical (unpaired) electrons. The van der Waals surface area contributed by atoms with Gasteiger partial charge in [0.2, 0.25) is 0 Å². The molecule has 2 rings (SSSR count). The molecule has 1 unspecified atom stereocenters. The van der Waals surface area contributed by atoms with E-state index in [9.17, 15) is 0 Å². The van der Waals surface area contributed by atoms with Crippen molar-refractivity contribution in [3.05, 3.63) is 33.8 Å². The van der Waals surface area contributed by atoms with Crippen molar-refractivity contribution >= 4 is 15.9 Å². The van der Waals surface area contributed by atoms with Crippen molar-refractivity contribution in [3.63, 3.8) is 0 Å². The molecule has 1 aliphatic carbocycles. The van der Waals surface area contributed by atoms with E-state index in [4.69, 9.17) is 4.74 Å². The van der Waals surface area contributed by atoms with E-state index in [0.717, 1.165) is 32.3 Å². The average Bonchev–Trinajstić information content (AvgIpc) is 3.28. The van der Waals surface area contributed by atoms with E-state index in [2.05, 4.69) is 58.2 Å². The van der Waals surface area contributed by atoms with Crippen LogP contribution < -0.4 is 5.32 Å². The Morgan fingerprint density at radius 1 is 1.43 bits per heavy atom. The Balaban J connectivity index is 1.94. The molecule has 1 aliphatic rings. The quantitative estimate of drug-likeness (QED) is 0.733. The number of nitrogens with zero attached hydrogens (tertiary/aromatic N) is 1. The Hall–Kier alpha value is -0.420. The number of benzene rings is 1. The predicted octanol–water partition coefficient (Wildman–Crippen LogP) is 3.56. The summed E-state index contributed by atoms with van der Waals surface area (Å²) in [6, 6.07) is 7.93. The lowest BCUT2D eigenvalue weighted by Gasteiger charge is -2.27. The van der Waals surface area contributed by atoms with Gasteiger partial charge in [0.25, 0.3) is 0 Å². The Morgan fingerprint density at radius 3 is 2.76 bits per heavy atom. The van der Waals surface area contributed by atoms with Crippen molar-refractivity contribution in [1.29, 1.82) is 0 Å². The molecule has 4 heteroatoms. The molecule has 0 aromatic heterocycles. The summed E-state index contributed by atoms with van der Waals surface area (Å²) >= 11 is 3.73. The molecule has 1 N–H and O–H groups in total. The summed E-state index contributed by atoms with van der Waals surface area (Å²) in [6.45, 7) is 8.15. The smallest absolute Gasteiger partial charge is 0.0615 e. The molecule has 1 saturated carbocycles. The van der Waals surface area contributed by atoms with Crippen LogP contribution in [0.1, 0.15) is 37.8 Å². The van der Waals surface area contributed by atoms with Crippen LogP contribution in [0.3, 0.4) is 0 Å². The number of rotatable bonds is 9. The molecule has 0 amide bonds. The van der Waals surface area contributed by atoms with Crippen molar-refractivity contribution in [3.8, 4) is 0 Å². The lowest BCUT2D eigenvalue weighted by molar-refractivity contribution is 0.0981. The molecule has 1 atom stereocenters. The van der Waals surface area contributed by atoms with E-state index in [1.54, 1.807) is 7.11 Å². The highest BCUT2D eigenvalue weighted by Crippen LogP contribution is 2.23. The SMILES string of the molecule is CCN(Cc1ccc(CNC2CC2)cc1Br)C(C)COC. The van der Waals surface area contributed by atoms with Crippen LogP contribution in [-0.2, 0) is 17.8 Å². The van der Waals surface area contributed by atoms with Gasteiger partial charge < -0.3 is 10.1 Å². The standard InChI is InChI=1S/C17H27BrN2O/c1-4-20(13(2)12-21-3)11-15-6-5-14(9-17(15)18)10-19-16-7-8-16/h5-6,9,13,16,19H,4,7-8,10-12H2,1-3H3. The summed E-state index contributed by atoms with van der Waals surface area (Å²) in [6.07, 6.45) is 2.67. The van der Waals surface area contributed by atoms with Crippen molar-refractivity contribution in [1.82, 2.24) is 10.2 Å². The second-order valence-corrected chi connectivity index (χ2v) is 6.80. The number of nitrogens with one attached hydrogen (secondary N) is 1. The maximum Gasteiger partial charge on any atom is 0.0615 e. The molecule has 0 bridgehead atoms. The van der Waals surface area contributed by atoms with E-state index in [1.165, 1.54) is 28.4 Å². The zero-order valence-corrected chi connectivity index (χ0v) is 14.9. The van der Waals surface area contributed by atoms with Gasteiger partial charge in [-0.3, -0.25) is 4.90 Å². The molecule has 1 aromatic rings. The Bertz CT molecular complexity index is 448. The lowest BCUT2D eigenvalue weighted by atomic mass is 10.1. The fourth-order valence-corrected chi connectivity index (χ4v) is 3.07. The summed E-state index contributed by atoms with van der Waals surface area (Å²) in [5, 5.41) is 3.56. The number of halogens is 1. The van der Waals surface area contributed by atoms with Gasteiger partial charge in [-0.1, -0.05) is 35.0 Å². The van der Waals surface area contributed by atoms with Crippen LogP contribution in [-0.4, -0.2) is 37.2 Å². The van der Waals surface area contributed by atoms with Crippen LogP contribution in [0.5, 0.6) is 0 Å². The summed E-state index contributed by atoms with van der Waals surface area (Å²) in [5.41, 5.74) is 2.69. The number of likely N-dealkylation sites (N-methyl/N-ethyl adjacent to an activating group) is 1. The van der Waals surface area contributed by atoms with E-state index < -0.39 is 0 Å². The number of methoxy groups -OCH3 is 1. The van der Waals surface area contributed by atoms with Crippen LogP contribution in [0.4, 0.5) is 0 Å². The minimum atomic E-state index is 0.433. The molecular formula is C17H27BrN2O. The third-order valence-electron chi connectivity index (χ3n) is 4.10. The van der Waals surface area contributed by atoms with E-state index in [-0.39, 0.29) is 0 Å². The normalized spacial score (nSPS) is 16.4. The molecule has 21 heavy (non-hydrogen) atoms. The van der Waals surface area contributed by atoms with E-state index >= 15 is 0 Å². The molecule has 1 aromatic carbocycles. The lowest BCUT2D eigenvalue weighted by Crippen LogP contribution is -2.35. The average molecular weight is 355 g/mol. The van der Waals surface area contributed by atoms with Crippen LogP contribution in [0.15, 0.2) is 22.7 Å². The number of ether oxygens (including phenoxy) is 1. The Morgan fingerprint density at radius 2 is 2.19 bits per heavy atom. The third kappa shape index (κ3) is 5.37. The van der Waals surface area contributed by atoms with Gasteiger partial charge in [0.05, 0.1) is 6.61 Å². The predicted molar refractivity (Wildman–Crippen MR) is 91.4 cm³/mol. The zero-order chi connectivity index (χ0) is 15.2. The topological polar surface area (TPSA) is 24.5 Å². The molecule has 0 aliphatic heterocycles. The van der Waals surface area contributed by atoms with Crippen molar-refractivity contribution in [2.45, 2.75) is 51.9 Å². The Kier molecular flexibility index (Phi) is 6.68. The second-order valence-electron chi connectivity index (χ2n) is 5.95. The number of hydrogen-bond donors (Lipinski definition) is 1. The summed E-state index contributed by atoms with van der Waals surface area (Å²) in [7, 11) is 1.77. The zero-order valence-electron chi connectivity index (χ0n) is 13.4. The van der Waals surface area contributed by atoms with Gasteiger partial charge in [0.15, 0.2) is 0 Å². The first-order valence-electron chi connectivity index (χ1n) is 7.87. The van der Waals surface area contributed by atoms with E-state index in [1.807, 2.05) is 0 Å². The summed E-state index contributed by atoms with van der Waals surface area (Å²) in [5.74, 6) is 0. The highest BCUT2D eigenvalue weighted by molar-refractivity contribution is 9.10. The van der Waals surface area contributed by atoms with Crippen LogP contribution in [0.25, 0.3) is 0 Å². The van der Waals surface area contributed by atoms with Gasteiger partial charge in [-0.25, -0.2) is 0 Å². The highest BCUT2D eigenvalue weighted by Gasteiger charge is 2.20. The van der Waals surface area contributed by atoms with Crippen LogP contribution in [0, 0.1) is 0 Å². The molecule has 0 heterocycles. The van der Waals surface area contributed by atoms with Crippen molar-refractivity contribution in [2.24, 2.45) is 0 Å². The van der Waals surface area contributed by atoms with Gasteiger partial charge in [0.1, 0.15) is 0 Å². The number of hydrogen-bond acceptors (Lipinski definition) is 3. The first-order valence-corrected chi connectivity index (χ1v) is 8.67. The second kappa shape index (κ2) is 8.28. The largest absolute Gasteiger partial charge is 0.383 e. The molecule has 0 spiro atoms. The Labute approximate surface area is 137 Å². The third-order valence-corrected chi connectivity index (χ3v) is 4.84. The molecule has 3 nitrogen and oxygen atoms in total. The molecule has 1 fully saturated rings. The van der Waals surface area contributed by atoms with Gasteiger partial charge in [-0.05, 0) is 43.5 Å². The van der Waals surface area contributed by atoms with Crippen LogP contribution in [0.2, 0.25) is 0 Å². The minimum absolute atomic E-state index is 0.433. The highest BCUT2D eigenvalue weighted by atomic mass is 79.9. The molecule has 118 valence electrons. The van der Waals surface area contributed by atoms with Crippen molar-refractivity contribution in [2.75, 3.05) is 20.3 Å². The molecule has 0 saturated heterocycles. The van der Waals surface area contributed by atoms with Gasteiger partial charge in [0, 0.05) is 36.8 Å². The molecular weight excluding hydrogens is 328 g/mol. The van der Waals surface area contributed by atoms with Gasteiger partial charge in [-0.2, -0.15) is 0 Å². The first kappa shape index (κ1) is 16.9. The summed E-state index contributed by atoms with van der Waals surface area (Å²) < 4.78 is 6.48.